The van der Waals surface area contributed by atoms with Crippen LogP contribution in [0.15, 0.2) is 36.4 Å². The molecule has 0 saturated heterocycles. The Hall–Kier alpha value is -2.89. The monoisotopic (exact) mass is 339 g/mol. The molecule has 1 aliphatic rings. The highest BCUT2D eigenvalue weighted by Crippen LogP contribution is 2.26. The molecule has 1 amide bonds. The molecule has 0 aliphatic heterocycles. The number of carbonyl (C=O) groups excluding carboxylic acids is 1. The van der Waals surface area contributed by atoms with Crippen LogP contribution in [0, 0.1) is 17.0 Å². The third kappa shape index (κ3) is 3.63. The van der Waals surface area contributed by atoms with E-state index in [2.05, 4.69) is 22.8 Å². The van der Waals surface area contributed by atoms with E-state index in [-0.39, 0.29) is 11.6 Å². The van der Waals surface area contributed by atoms with Crippen LogP contribution in [0.25, 0.3) is 0 Å². The van der Waals surface area contributed by atoms with Crippen molar-refractivity contribution in [2.24, 2.45) is 0 Å². The number of hydrogen-bond acceptors (Lipinski definition) is 4. The van der Waals surface area contributed by atoms with Crippen molar-refractivity contribution in [1.29, 1.82) is 0 Å². The largest absolute Gasteiger partial charge is 0.374 e. The van der Waals surface area contributed by atoms with Crippen LogP contribution in [-0.4, -0.2) is 16.9 Å². The fraction of sp³-hybridized carbons (Fsp3) is 0.316. The smallest absolute Gasteiger partial charge is 0.274 e. The molecule has 0 radical (unpaired) electrons. The molecule has 130 valence electrons. The third-order valence-corrected chi connectivity index (χ3v) is 4.63. The Kier molecular flexibility index (Phi) is 4.70. The standard InChI is InChI=1S/C19H21N3O3/c1-12-17(7-4-8-18(12)22(24)25)21-19(23)13(2)20-16-10-9-14-5-3-6-15(14)11-16/h4,7-11,13,20H,3,5-6H2,1-2H3,(H,21,23). The van der Waals surface area contributed by atoms with Gasteiger partial charge in [-0.15, -0.1) is 0 Å². The molecule has 6 heteroatoms. The van der Waals surface area contributed by atoms with E-state index in [0.29, 0.717) is 11.3 Å². The van der Waals surface area contributed by atoms with Gasteiger partial charge in [0.2, 0.25) is 5.91 Å². The van der Waals surface area contributed by atoms with Gasteiger partial charge in [-0.1, -0.05) is 12.1 Å². The van der Waals surface area contributed by atoms with Crippen molar-refractivity contribution < 1.29 is 9.72 Å². The van der Waals surface area contributed by atoms with Crippen molar-refractivity contribution in [2.75, 3.05) is 10.6 Å². The molecule has 0 spiro atoms. The number of benzene rings is 2. The fourth-order valence-electron chi connectivity index (χ4n) is 3.17. The van der Waals surface area contributed by atoms with E-state index in [9.17, 15) is 14.9 Å². The summed E-state index contributed by atoms with van der Waals surface area (Å²) in [6.45, 7) is 3.40. The predicted octanol–water partition coefficient (Wildman–Crippen LogP) is 3.83. The van der Waals surface area contributed by atoms with Gasteiger partial charge < -0.3 is 10.6 Å². The second-order valence-corrected chi connectivity index (χ2v) is 6.40. The van der Waals surface area contributed by atoms with Crippen LogP contribution in [-0.2, 0) is 17.6 Å². The van der Waals surface area contributed by atoms with Gasteiger partial charge in [0.25, 0.3) is 5.69 Å². The first-order chi connectivity index (χ1) is 12.0. The number of nitrogens with one attached hydrogen (secondary N) is 2. The lowest BCUT2D eigenvalue weighted by molar-refractivity contribution is -0.385. The number of amides is 1. The van der Waals surface area contributed by atoms with Crippen LogP contribution in [0.1, 0.15) is 30.0 Å². The summed E-state index contributed by atoms with van der Waals surface area (Å²) in [7, 11) is 0. The van der Waals surface area contributed by atoms with Gasteiger partial charge in [0.05, 0.1) is 16.2 Å². The highest BCUT2D eigenvalue weighted by Gasteiger charge is 2.18. The van der Waals surface area contributed by atoms with E-state index in [1.807, 2.05) is 6.07 Å². The summed E-state index contributed by atoms with van der Waals surface area (Å²) in [6, 6.07) is 10.4. The van der Waals surface area contributed by atoms with Crippen molar-refractivity contribution in [1.82, 2.24) is 0 Å². The van der Waals surface area contributed by atoms with Gasteiger partial charge in [0.15, 0.2) is 0 Å². The van der Waals surface area contributed by atoms with Crippen LogP contribution < -0.4 is 10.6 Å². The van der Waals surface area contributed by atoms with Crippen LogP contribution in [0.4, 0.5) is 17.1 Å². The number of nitrogens with zero attached hydrogens (tertiary/aromatic N) is 1. The zero-order valence-corrected chi connectivity index (χ0v) is 14.3. The normalized spacial score (nSPS) is 13.8. The number of hydrogen-bond donors (Lipinski definition) is 2. The molecule has 2 aromatic carbocycles. The molecule has 3 rings (SSSR count). The maximum absolute atomic E-state index is 12.4. The zero-order chi connectivity index (χ0) is 18.0. The number of anilines is 2. The molecule has 25 heavy (non-hydrogen) atoms. The summed E-state index contributed by atoms with van der Waals surface area (Å²) in [5, 5.41) is 17.0. The van der Waals surface area contributed by atoms with Gasteiger partial charge in [-0.3, -0.25) is 14.9 Å². The first-order valence-electron chi connectivity index (χ1n) is 8.39. The van der Waals surface area contributed by atoms with Crippen molar-refractivity contribution in [3.63, 3.8) is 0 Å². The molecular formula is C19H21N3O3. The van der Waals surface area contributed by atoms with Crippen molar-refractivity contribution in [2.45, 2.75) is 39.2 Å². The van der Waals surface area contributed by atoms with Crippen molar-refractivity contribution in [3.8, 4) is 0 Å². The van der Waals surface area contributed by atoms with E-state index >= 15 is 0 Å². The van der Waals surface area contributed by atoms with Crippen LogP contribution in [0.5, 0.6) is 0 Å². The summed E-state index contributed by atoms with van der Waals surface area (Å²) >= 11 is 0. The lowest BCUT2D eigenvalue weighted by Gasteiger charge is -2.17. The molecule has 0 fully saturated rings. The second kappa shape index (κ2) is 6.93. The molecule has 0 heterocycles. The molecule has 2 aromatic rings. The van der Waals surface area contributed by atoms with Gasteiger partial charge in [0.1, 0.15) is 6.04 Å². The summed E-state index contributed by atoms with van der Waals surface area (Å²) in [4.78, 5) is 23.0. The first kappa shape index (κ1) is 17.0. The Balaban J connectivity index is 1.69. The molecule has 2 N–H and O–H groups in total. The van der Waals surface area contributed by atoms with Gasteiger partial charge in [-0.05, 0) is 62.4 Å². The number of aryl methyl sites for hydroxylation is 2. The molecule has 1 atom stereocenters. The minimum Gasteiger partial charge on any atom is -0.374 e. The predicted molar refractivity (Wildman–Crippen MR) is 98.0 cm³/mol. The minimum absolute atomic E-state index is 0.00275. The first-order valence-corrected chi connectivity index (χ1v) is 8.39. The van der Waals surface area contributed by atoms with Crippen molar-refractivity contribution in [3.05, 3.63) is 63.2 Å². The number of carbonyl (C=O) groups is 1. The molecule has 6 nitrogen and oxygen atoms in total. The van der Waals surface area contributed by atoms with E-state index < -0.39 is 11.0 Å². The Morgan fingerprint density at radius 2 is 1.96 bits per heavy atom. The summed E-state index contributed by atoms with van der Waals surface area (Å²) < 4.78 is 0. The van der Waals surface area contributed by atoms with Crippen LogP contribution in [0.3, 0.4) is 0 Å². The molecule has 1 aliphatic carbocycles. The lowest BCUT2D eigenvalue weighted by atomic mass is 10.1. The van der Waals surface area contributed by atoms with Crippen LogP contribution >= 0.6 is 0 Å². The summed E-state index contributed by atoms with van der Waals surface area (Å²) in [5.41, 5.74) is 4.55. The van der Waals surface area contributed by atoms with E-state index in [1.165, 1.54) is 23.6 Å². The maximum atomic E-state index is 12.4. The summed E-state index contributed by atoms with van der Waals surface area (Å²) in [5.74, 6) is -0.232. The van der Waals surface area contributed by atoms with Gasteiger partial charge in [-0.25, -0.2) is 0 Å². The van der Waals surface area contributed by atoms with Gasteiger partial charge >= 0.3 is 0 Å². The van der Waals surface area contributed by atoms with Crippen molar-refractivity contribution >= 4 is 23.0 Å². The summed E-state index contributed by atoms with van der Waals surface area (Å²) in [6.07, 6.45) is 3.39. The van der Waals surface area contributed by atoms with Gasteiger partial charge in [-0.2, -0.15) is 0 Å². The third-order valence-electron chi connectivity index (χ3n) is 4.63. The number of nitro groups is 1. The minimum atomic E-state index is -0.460. The highest BCUT2D eigenvalue weighted by molar-refractivity contribution is 5.97. The van der Waals surface area contributed by atoms with E-state index in [0.717, 1.165) is 18.5 Å². The topological polar surface area (TPSA) is 84.3 Å². The fourth-order valence-corrected chi connectivity index (χ4v) is 3.17. The number of rotatable bonds is 5. The molecule has 1 unspecified atom stereocenters. The molecular weight excluding hydrogens is 318 g/mol. The zero-order valence-electron chi connectivity index (χ0n) is 14.3. The second-order valence-electron chi connectivity index (χ2n) is 6.40. The molecule has 0 aromatic heterocycles. The number of fused-ring (bicyclic) bond motifs is 1. The van der Waals surface area contributed by atoms with Crippen LogP contribution in [0.2, 0.25) is 0 Å². The number of nitro benzene ring substituents is 1. The SMILES string of the molecule is Cc1c(NC(=O)C(C)Nc2ccc3c(c2)CCC3)cccc1[N+](=O)[O-]. The Morgan fingerprint density at radius 1 is 1.20 bits per heavy atom. The Labute approximate surface area is 146 Å². The molecule has 0 saturated carbocycles. The van der Waals surface area contributed by atoms with Gasteiger partial charge in [0, 0.05) is 11.8 Å². The van der Waals surface area contributed by atoms with E-state index in [1.54, 1.807) is 26.0 Å². The molecule has 0 bridgehead atoms. The quantitative estimate of drug-likeness (QED) is 0.640. The lowest BCUT2D eigenvalue weighted by Crippen LogP contribution is -2.32. The average Bonchev–Trinajstić information content (AvgIpc) is 3.04. The average molecular weight is 339 g/mol. The maximum Gasteiger partial charge on any atom is 0.274 e. The highest BCUT2D eigenvalue weighted by atomic mass is 16.6. The van der Waals surface area contributed by atoms with E-state index in [4.69, 9.17) is 0 Å². The Bertz CT molecular complexity index is 833. The Morgan fingerprint density at radius 3 is 2.72 bits per heavy atom.